The quantitative estimate of drug-likeness (QED) is 0.578. The van der Waals surface area contributed by atoms with Crippen molar-refractivity contribution in [1.82, 2.24) is 0 Å². The summed E-state index contributed by atoms with van der Waals surface area (Å²) in [5.41, 5.74) is 2.51. The Balaban J connectivity index is 0. The van der Waals surface area contributed by atoms with Crippen LogP contribution in [-0.2, 0) is 0 Å². The lowest BCUT2D eigenvalue weighted by molar-refractivity contribution is 0.922. The van der Waals surface area contributed by atoms with Crippen LogP contribution < -0.4 is 0 Å². The van der Waals surface area contributed by atoms with Crippen molar-refractivity contribution >= 4 is 0 Å². The van der Waals surface area contributed by atoms with Gasteiger partial charge >= 0.3 is 0 Å². The average molecular weight is 230 g/mol. The molecule has 0 saturated heterocycles. The zero-order valence-corrected chi connectivity index (χ0v) is 10.6. The molecular weight excluding hydrogens is 204 g/mol. The summed E-state index contributed by atoms with van der Waals surface area (Å²) in [5.74, 6) is 0.381. The highest BCUT2D eigenvalue weighted by Gasteiger charge is 2.06. The molecule has 0 heteroatoms. The van der Waals surface area contributed by atoms with Crippen LogP contribution in [0.15, 0.2) is 67.3 Å². The van der Waals surface area contributed by atoms with E-state index in [9.17, 15) is 0 Å². The van der Waals surface area contributed by atoms with E-state index in [0.717, 1.165) is 0 Å². The fraction of sp³-hybridized carbons (Fsp3) is 0.294. The Labute approximate surface area is 107 Å². The normalized spacial score (nSPS) is 11.4. The van der Waals surface area contributed by atoms with Crippen LogP contribution >= 0.6 is 0 Å². The molecule has 17 heavy (non-hydrogen) atoms. The highest BCUT2D eigenvalue weighted by molar-refractivity contribution is 5.34. The third kappa shape index (κ3) is 5.91. The molecule has 1 unspecified atom stereocenters. The van der Waals surface area contributed by atoms with Gasteiger partial charge in [-0.1, -0.05) is 89.9 Å². The topological polar surface area (TPSA) is 0 Å². The fourth-order valence-electron chi connectivity index (χ4n) is 1.46. The van der Waals surface area contributed by atoms with Crippen LogP contribution in [0.3, 0.4) is 0 Å². The van der Waals surface area contributed by atoms with Gasteiger partial charge < -0.3 is 0 Å². The second kappa shape index (κ2) is 10.9. The number of allylic oxidation sites excluding steroid dienone is 4. The van der Waals surface area contributed by atoms with Crippen LogP contribution in [-0.4, -0.2) is 0 Å². The molecule has 0 N–H and O–H groups in total. The molecule has 0 nitrogen and oxygen atoms in total. The molecule has 0 saturated carbocycles. The van der Waals surface area contributed by atoms with Gasteiger partial charge in [0.1, 0.15) is 0 Å². The van der Waals surface area contributed by atoms with Gasteiger partial charge in [-0.15, -0.1) is 0 Å². The molecule has 0 aliphatic carbocycles. The summed E-state index contributed by atoms with van der Waals surface area (Å²) in [4.78, 5) is 0. The SMILES string of the molecule is C.C=C/C=C(\C=C)C(C)c1ccccc1.CC. The number of hydrogen-bond donors (Lipinski definition) is 0. The lowest BCUT2D eigenvalue weighted by Crippen LogP contribution is -1.95. The minimum absolute atomic E-state index is 0. The van der Waals surface area contributed by atoms with Crippen LogP contribution in [0.4, 0.5) is 0 Å². The van der Waals surface area contributed by atoms with Crippen LogP contribution in [0, 0.1) is 0 Å². The summed E-state index contributed by atoms with van der Waals surface area (Å²) in [6, 6.07) is 10.4. The molecule has 0 aromatic heterocycles. The Hall–Kier alpha value is -1.56. The highest BCUT2D eigenvalue weighted by Crippen LogP contribution is 2.23. The van der Waals surface area contributed by atoms with Gasteiger partial charge in [0.25, 0.3) is 0 Å². The zero-order chi connectivity index (χ0) is 12.4. The van der Waals surface area contributed by atoms with E-state index in [1.807, 2.05) is 32.1 Å². The number of hydrogen-bond acceptors (Lipinski definition) is 0. The maximum absolute atomic E-state index is 3.81. The van der Waals surface area contributed by atoms with E-state index in [-0.39, 0.29) is 7.43 Å². The van der Waals surface area contributed by atoms with E-state index in [1.165, 1.54) is 11.1 Å². The van der Waals surface area contributed by atoms with E-state index in [1.54, 1.807) is 6.08 Å². The fourth-order valence-corrected chi connectivity index (χ4v) is 1.46. The largest absolute Gasteiger partial charge is 0.0991 e. The Morgan fingerprint density at radius 3 is 2.06 bits per heavy atom. The van der Waals surface area contributed by atoms with Gasteiger partial charge in [0.15, 0.2) is 0 Å². The standard InChI is InChI=1S/C14H16.C2H6.CH4/c1-4-9-13(5-2)12(3)14-10-7-6-8-11-14;1-2;/h4-12H,1-2H2,3H3;1-2H3;1H4/b13-9+;;. The van der Waals surface area contributed by atoms with Crippen molar-refractivity contribution in [3.05, 3.63) is 72.9 Å². The lowest BCUT2D eigenvalue weighted by Gasteiger charge is -2.12. The first-order valence-electron chi connectivity index (χ1n) is 5.79. The van der Waals surface area contributed by atoms with Crippen molar-refractivity contribution in [3.63, 3.8) is 0 Å². The van der Waals surface area contributed by atoms with Gasteiger partial charge in [-0.25, -0.2) is 0 Å². The molecule has 1 aromatic rings. The molecule has 0 amide bonds. The molecule has 0 spiro atoms. The van der Waals surface area contributed by atoms with E-state index < -0.39 is 0 Å². The first-order chi connectivity index (χ1) is 7.79. The molecule has 94 valence electrons. The molecule has 0 radical (unpaired) electrons. The molecule has 1 rings (SSSR count). The van der Waals surface area contributed by atoms with E-state index in [4.69, 9.17) is 0 Å². The summed E-state index contributed by atoms with van der Waals surface area (Å²) in [6.07, 6.45) is 5.69. The van der Waals surface area contributed by atoms with E-state index in [0.29, 0.717) is 5.92 Å². The summed E-state index contributed by atoms with van der Waals surface area (Å²) in [6.45, 7) is 13.7. The molecular formula is C17H26. The Bertz CT molecular complexity index is 330. The van der Waals surface area contributed by atoms with Crippen LogP contribution in [0.25, 0.3) is 0 Å². The van der Waals surface area contributed by atoms with Crippen molar-refractivity contribution in [2.24, 2.45) is 0 Å². The Morgan fingerprint density at radius 2 is 1.65 bits per heavy atom. The number of rotatable bonds is 4. The van der Waals surface area contributed by atoms with Gasteiger partial charge in [0, 0.05) is 5.92 Å². The highest BCUT2D eigenvalue weighted by atomic mass is 14.1. The summed E-state index contributed by atoms with van der Waals surface area (Å²) < 4.78 is 0. The lowest BCUT2D eigenvalue weighted by atomic mass is 9.93. The maximum atomic E-state index is 3.81. The molecule has 0 bridgehead atoms. The first-order valence-corrected chi connectivity index (χ1v) is 5.79. The number of benzene rings is 1. The van der Waals surface area contributed by atoms with Crippen molar-refractivity contribution in [3.8, 4) is 0 Å². The van der Waals surface area contributed by atoms with Gasteiger partial charge in [0.2, 0.25) is 0 Å². The molecule has 0 fully saturated rings. The van der Waals surface area contributed by atoms with E-state index in [2.05, 4.69) is 44.3 Å². The molecule has 0 heterocycles. The zero-order valence-electron chi connectivity index (χ0n) is 10.6. The summed E-state index contributed by atoms with van der Waals surface area (Å²) in [7, 11) is 0. The van der Waals surface area contributed by atoms with Crippen LogP contribution in [0.5, 0.6) is 0 Å². The molecule has 0 aliphatic rings. The minimum atomic E-state index is 0. The van der Waals surface area contributed by atoms with Gasteiger partial charge in [-0.2, -0.15) is 0 Å². The third-order valence-electron chi connectivity index (χ3n) is 2.35. The first kappa shape index (κ1) is 17.8. The minimum Gasteiger partial charge on any atom is -0.0991 e. The smallest absolute Gasteiger partial charge is 0.00607 e. The van der Waals surface area contributed by atoms with Crippen molar-refractivity contribution in [1.29, 1.82) is 0 Å². The van der Waals surface area contributed by atoms with Crippen molar-refractivity contribution in [2.75, 3.05) is 0 Å². The van der Waals surface area contributed by atoms with Crippen LogP contribution in [0.2, 0.25) is 0 Å². The monoisotopic (exact) mass is 230 g/mol. The van der Waals surface area contributed by atoms with Gasteiger partial charge in [0.05, 0.1) is 0 Å². The second-order valence-corrected chi connectivity index (χ2v) is 3.24. The predicted octanol–water partition coefficient (Wildman–Crippen LogP) is 5.75. The van der Waals surface area contributed by atoms with Crippen molar-refractivity contribution in [2.45, 2.75) is 34.1 Å². The second-order valence-electron chi connectivity index (χ2n) is 3.24. The summed E-state index contributed by atoms with van der Waals surface area (Å²) >= 11 is 0. The Morgan fingerprint density at radius 1 is 1.12 bits per heavy atom. The molecule has 1 atom stereocenters. The van der Waals surface area contributed by atoms with Gasteiger partial charge in [-0.3, -0.25) is 0 Å². The average Bonchev–Trinajstić information content (AvgIpc) is 2.38. The van der Waals surface area contributed by atoms with E-state index >= 15 is 0 Å². The predicted molar refractivity (Wildman–Crippen MR) is 81.4 cm³/mol. The molecule has 0 aliphatic heterocycles. The third-order valence-corrected chi connectivity index (χ3v) is 2.35. The van der Waals surface area contributed by atoms with Crippen LogP contribution in [0.1, 0.15) is 39.7 Å². The Kier molecular flexibility index (Phi) is 11.5. The maximum Gasteiger partial charge on any atom is 0.00607 e. The molecule has 1 aromatic carbocycles. The van der Waals surface area contributed by atoms with Crippen molar-refractivity contribution < 1.29 is 0 Å². The summed E-state index contributed by atoms with van der Waals surface area (Å²) in [5, 5.41) is 0. The van der Waals surface area contributed by atoms with Gasteiger partial charge in [-0.05, 0) is 11.1 Å².